The minimum atomic E-state index is -0.355. The zero-order chi connectivity index (χ0) is 8.28. The number of hydrogen-bond donors (Lipinski definition) is 1. The summed E-state index contributed by atoms with van der Waals surface area (Å²) in [7, 11) is 0. The molecule has 2 rings (SSSR count). The first-order valence-electron chi connectivity index (χ1n) is 4.64. The summed E-state index contributed by atoms with van der Waals surface area (Å²) in [4.78, 5) is 0. The Morgan fingerprint density at radius 3 is 2.09 bits per heavy atom. The fourth-order valence-electron chi connectivity index (χ4n) is 3.60. The van der Waals surface area contributed by atoms with Crippen molar-refractivity contribution in [2.24, 2.45) is 17.3 Å². The molecule has 2 bridgehead atoms. The highest BCUT2D eigenvalue weighted by Gasteiger charge is 2.55. The monoisotopic (exact) mass is 154 g/mol. The molecule has 1 heteroatoms. The van der Waals surface area contributed by atoms with Crippen LogP contribution in [0.3, 0.4) is 0 Å². The standard InChI is InChI=1S/C10H18O/c1-9(2)5-7-4-8(9)10(3,11)6-7/h7-8,11H,4-6H2,1-3H3/t7-,8+,10+/m1/s1. The third-order valence-electron chi connectivity index (χ3n) is 3.78. The lowest BCUT2D eigenvalue weighted by Gasteiger charge is -2.40. The number of rotatable bonds is 0. The Balaban J connectivity index is 2.28. The first-order valence-corrected chi connectivity index (χ1v) is 4.64. The Hall–Kier alpha value is -0.0400. The molecule has 1 nitrogen and oxygen atoms in total. The van der Waals surface area contributed by atoms with Gasteiger partial charge in [0.15, 0.2) is 0 Å². The van der Waals surface area contributed by atoms with E-state index in [1.54, 1.807) is 0 Å². The normalized spacial score (nSPS) is 53.5. The highest BCUT2D eigenvalue weighted by atomic mass is 16.3. The summed E-state index contributed by atoms with van der Waals surface area (Å²) in [5, 5.41) is 10.0. The topological polar surface area (TPSA) is 20.2 Å². The Bertz CT molecular complexity index is 163. The van der Waals surface area contributed by atoms with Crippen LogP contribution in [0, 0.1) is 17.3 Å². The molecular weight excluding hydrogens is 136 g/mol. The van der Waals surface area contributed by atoms with Crippen LogP contribution < -0.4 is 0 Å². The van der Waals surface area contributed by atoms with E-state index in [1.165, 1.54) is 12.8 Å². The lowest BCUT2D eigenvalue weighted by molar-refractivity contribution is -0.0455. The summed E-state index contributed by atoms with van der Waals surface area (Å²) in [5.41, 5.74) is 0.0405. The molecule has 0 saturated heterocycles. The zero-order valence-corrected chi connectivity index (χ0v) is 7.72. The van der Waals surface area contributed by atoms with E-state index in [0.717, 1.165) is 12.3 Å². The van der Waals surface area contributed by atoms with Crippen molar-refractivity contribution < 1.29 is 5.11 Å². The Labute approximate surface area is 68.8 Å². The van der Waals surface area contributed by atoms with Crippen molar-refractivity contribution in [3.8, 4) is 0 Å². The van der Waals surface area contributed by atoms with Crippen molar-refractivity contribution in [2.75, 3.05) is 0 Å². The van der Waals surface area contributed by atoms with E-state index < -0.39 is 0 Å². The van der Waals surface area contributed by atoms with Gasteiger partial charge in [0, 0.05) is 0 Å². The lowest BCUT2D eigenvalue weighted by atomic mass is 9.69. The molecule has 0 unspecified atom stereocenters. The van der Waals surface area contributed by atoms with E-state index in [1.807, 2.05) is 6.92 Å². The largest absolute Gasteiger partial charge is 0.390 e. The molecule has 0 heterocycles. The average molecular weight is 154 g/mol. The second-order valence-electron chi connectivity index (χ2n) is 5.41. The number of hydrogen-bond acceptors (Lipinski definition) is 1. The molecule has 0 amide bonds. The molecule has 2 fully saturated rings. The summed E-state index contributed by atoms with van der Waals surface area (Å²) in [6.45, 7) is 6.61. The third kappa shape index (κ3) is 0.936. The molecule has 0 aromatic rings. The Morgan fingerprint density at radius 2 is 1.82 bits per heavy atom. The van der Waals surface area contributed by atoms with Crippen LogP contribution in [0.15, 0.2) is 0 Å². The van der Waals surface area contributed by atoms with Gasteiger partial charge < -0.3 is 5.11 Å². The smallest absolute Gasteiger partial charge is 0.0655 e. The maximum Gasteiger partial charge on any atom is 0.0655 e. The van der Waals surface area contributed by atoms with Gasteiger partial charge in [0.05, 0.1) is 5.60 Å². The maximum absolute atomic E-state index is 10.0. The fourth-order valence-corrected chi connectivity index (χ4v) is 3.60. The van der Waals surface area contributed by atoms with Crippen LogP contribution in [0.1, 0.15) is 40.0 Å². The van der Waals surface area contributed by atoms with Crippen LogP contribution >= 0.6 is 0 Å². The molecule has 0 aromatic heterocycles. The van der Waals surface area contributed by atoms with Gasteiger partial charge in [-0.05, 0) is 43.4 Å². The highest BCUT2D eigenvalue weighted by molar-refractivity contribution is 5.06. The van der Waals surface area contributed by atoms with Crippen molar-refractivity contribution in [3.05, 3.63) is 0 Å². The van der Waals surface area contributed by atoms with Gasteiger partial charge in [-0.15, -0.1) is 0 Å². The quantitative estimate of drug-likeness (QED) is 0.567. The lowest BCUT2D eigenvalue weighted by Crippen LogP contribution is -2.40. The van der Waals surface area contributed by atoms with Crippen molar-refractivity contribution in [3.63, 3.8) is 0 Å². The van der Waals surface area contributed by atoms with Crippen LogP contribution in [0.4, 0.5) is 0 Å². The molecular formula is C10H18O. The van der Waals surface area contributed by atoms with E-state index >= 15 is 0 Å². The zero-order valence-electron chi connectivity index (χ0n) is 7.72. The van der Waals surface area contributed by atoms with Gasteiger partial charge in [0.25, 0.3) is 0 Å². The molecule has 64 valence electrons. The maximum atomic E-state index is 10.0. The first kappa shape index (κ1) is 7.60. The van der Waals surface area contributed by atoms with E-state index in [9.17, 15) is 5.11 Å². The van der Waals surface area contributed by atoms with Gasteiger partial charge in [-0.3, -0.25) is 0 Å². The van der Waals surface area contributed by atoms with Crippen molar-refractivity contribution in [2.45, 2.75) is 45.6 Å². The minimum absolute atomic E-state index is 0.355. The summed E-state index contributed by atoms with van der Waals surface area (Å²) in [5.74, 6) is 1.37. The van der Waals surface area contributed by atoms with E-state index in [0.29, 0.717) is 11.3 Å². The van der Waals surface area contributed by atoms with E-state index in [4.69, 9.17) is 0 Å². The predicted octanol–water partition coefficient (Wildman–Crippen LogP) is 2.19. The van der Waals surface area contributed by atoms with Gasteiger partial charge in [-0.25, -0.2) is 0 Å². The summed E-state index contributed by atoms with van der Waals surface area (Å²) in [6.07, 6.45) is 3.63. The average Bonchev–Trinajstić information content (AvgIpc) is 2.14. The Morgan fingerprint density at radius 1 is 1.18 bits per heavy atom. The molecule has 2 saturated carbocycles. The van der Waals surface area contributed by atoms with Gasteiger partial charge in [0.1, 0.15) is 0 Å². The van der Waals surface area contributed by atoms with Crippen molar-refractivity contribution >= 4 is 0 Å². The van der Waals surface area contributed by atoms with Gasteiger partial charge >= 0.3 is 0 Å². The second kappa shape index (κ2) is 1.82. The molecule has 1 N–H and O–H groups in total. The van der Waals surface area contributed by atoms with Gasteiger partial charge in [-0.1, -0.05) is 13.8 Å². The van der Waals surface area contributed by atoms with Crippen LogP contribution in [0.25, 0.3) is 0 Å². The summed E-state index contributed by atoms with van der Waals surface area (Å²) in [6, 6.07) is 0. The molecule has 0 radical (unpaired) electrons. The predicted molar refractivity (Wildman–Crippen MR) is 45.2 cm³/mol. The van der Waals surface area contributed by atoms with Crippen LogP contribution in [0.2, 0.25) is 0 Å². The van der Waals surface area contributed by atoms with E-state index in [-0.39, 0.29) is 5.60 Å². The molecule has 0 aromatic carbocycles. The van der Waals surface area contributed by atoms with Crippen molar-refractivity contribution in [1.29, 1.82) is 0 Å². The fraction of sp³-hybridized carbons (Fsp3) is 1.00. The Kier molecular flexibility index (Phi) is 1.26. The molecule has 2 aliphatic rings. The van der Waals surface area contributed by atoms with Crippen LogP contribution in [-0.4, -0.2) is 10.7 Å². The molecule has 11 heavy (non-hydrogen) atoms. The van der Waals surface area contributed by atoms with Crippen molar-refractivity contribution in [1.82, 2.24) is 0 Å². The van der Waals surface area contributed by atoms with Crippen LogP contribution in [0.5, 0.6) is 0 Å². The number of aliphatic hydroxyl groups is 1. The summed E-state index contributed by atoms with van der Waals surface area (Å²) < 4.78 is 0. The minimum Gasteiger partial charge on any atom is -0.390 e. The summed E-state index contributed by atoms with van der Waals surface area (Å²) >= 11 is 0. The molecule has 0 spiro atoms. The van der Waals surface area contributed by atoms with Gasteiger partial charge in [-0.2, -0.15) is 0 Å². The molecule has 2 aliphatic carbocycles. The second-order valence-corrected chi connectivity index (χ2v) is 5.41. The molecule has 0 aliphatic heterocycles. The third-order valence-corrected chi connectivity index (χ3v) is 3.78. The van der Waals surface area contributed by atoms with Gasteiger partial charge in [0.2, 0.25) is 0 Å². The van der Waals surface area contributed by atoms with E-state index in [2.05, 4.69) is 13.8 Å². The number of fused-ring (bicyclic) bond motifs is 2. The SMILES string of the molecule is CC1(C)C[C@H]2C[C@@H]1[C@@](C)(O)C2. The van der Waals surface area contributed by atoms with Crippen LogP contribution in [-0.2, 0) is 0 Å². The highest BCUT2D eigenvalue weighted by Crippen LogP contribution is 2.59. The molecule has 3 atom stereocenters. The first-order chi connectivity index (χ1) is 4.92.